The first kappa shape index (κ1) is 18.3. The lowest BCUT2D eigenvalue weighted by atomic mass is 10.0. The van der Waals surface area contributed by atoms with Crippen LogP contribution in [0.15, 0.2) is 30.3 Å². The molecule has 0 saturated heterocycles. The summed E-state index contributed by atoms with van der Waals surface area (Å²) in [5.74, 6) is 0.787. The zero-order chi connectivity index (χ0) is 17.7. The second-order valence-electron chi connectivity index (χ2n) is 6.10. The molecule has 5 heteroatoms. The van der Waals surface area contributed by atoms with E-state index in [-0.39, 0.29) is 6.04 Å². The van der Waals surface area contributed by atoms with E-state index in [1.807, 2.05) is 18.2 Å². The normalized spacial score (nSPS) is 10.9. The van der Waals surface area contributed by atoms with Crippen molar-refractivity contribution in [1.82, 2.24) is 10.2 Å². The van der Waals surface area contributed by atoms with Crippen LogP contribution in [-0.4, -0.2) is 21.2 Å². The number of hydrogen-bond donors (Lipinski definition) is 1. The van der Waals surface area contributed by atoms with E-state index < -0.39 is 0 Å². The van der Waals surface area contributed by atoms with Gasteiger partial charge in [-0.05, 0) is 37.8 Å². The molecule has 4 nitrogen and oxygen atoms in total. The quantitative estimate of drug-likeness (QED) is 0.778. The summed E-state index contributed by atoms with van der Waals surface area (Å²) in [5.41, 5.74) is 10.3. The van der Waals surface area contributed by atoms with E-state index in [9.17, 15) is 0 Å². The maximum atomic E-state index is 6.08. The van der Waals surface area contributed by atoms with Crippen molar-refractivity contribution in [3.63, 3.8) is 0 Å². The number of aryl methyl sites for hydroxylation is 1. The van der Waals surface area contributed by atoms with Gasteiger partial charge in [-0.25, -0.2) is 0 Å². The van der Waals surface area contributed by atoms with Crippen LogP contribution in [-0.2, 0) is 19.4 Å². The number of rotatable bonds is 7. The largest absolute Gasteiger partial charge is 0.389 e. The van der Waals surface area contributed by atoms with Crippen molar-refractivity contribution in [3.05, 3.63) is 52.7 Å². The maximum absolute atomic E-state index is 6.08. The highest BCUT2D eigenvalue weighted by Crippen LogP contribution is 2.27. The Kier molecular flexibility index (Phi) is 6.26. The molecule has 2 aromatic rings. The van der Waals surface area contributed by atoms with Gasteiger partial charge in [0.25, 0.3) is 0 Å². The van der Waals surface area contributed by atoms with Crippen molar-refractivity contribution >= 4 is 23.0 Å². The Bertz CT molecular complexity index is 698. The number of benzene rings is 1. The van der Waals surface area contributed by atoms with Crippen molar-refractivity contribution < 1.29 is 0 Å². The van der Waals surface area contributed by atoms with Crippen LogP contribution in [0.4, 0.5) is 5.82 Å². The van der Waals surface area contributed by atoms with Gasteiger partial charge in [-0.15, -0.1) is 5.10 Å². The minimum Gasteiger partial charge on any atom is -0.389 e. The fourth-order valence-corrected chi connectivity index (χ4v) is 3.12. The molecule has 128 valence electrons. The first-order valence-electron chi connectivity index (χ1n) is 8.48. The number of nitrogens with zero attached hydrogens (tertiary/aromatic N) is 3. The smallest absolute Gasteiger partial charge is 0.162 e. The number of thiocarbonyl (C=S) groups is 1. The Morgan fingerprint density at radius 2 is 1.79 bits per heavy atom. The van der Waals surface area contributed by atoms with Crippen molar-refractivity contribution in [1.29, 1.82) is 0 Å². The van der Waals surface area contributed by atoms with Crippen LogP contribution in [0.5, 0.6) is 0 Å². The molecule has 0 radical (unpaired) electrons. The van der Waals surface area contributed by atoms with Gasteiger partial charge in [-0.1, -0.05) is 56.4 Å². The molecule has 24 heavy (non-hydrogen) atoms. The van der Waals surface area contributed by atoms with E-state index in [1.165, 1.54) is 5.56 Å². The number of anilines is 1. The Morgan fingerprint density at radius 3 is 2.29 bits per heavy atom. The van der Waals surface area contributed by atoms with Crippen LogP contribution in [0, 0.1) is 0 Å². The minimum atomic E-state index is 0.254. The van der Waals surface area contributed by atoms with Crippen molar-refractivity contribution in [2.45, 2.75) is 53.1 Å². The second kappa shape index (κ2) is 8.20. The molecule has 0 atom stereocenters. The van der Waals surface area contributed by atoms with Gasteiger partial charge in [0.2, 0.25) is 0 Å². The van der Waals surface area contributed by atoms with E-state index in [1.54, 1.807) is 0 Å². The summed E-state index contributed by atoms with van der Waals surface area (Å²) < 4.78 is 0. The predicted molar refractivity (Wildman–Crippen MR) is 104 cm³/mol. The summed E-state index contributed by atoms with van der Waals surface area (Å²) >= 11 is 5.36. The van der Waals surface area contributed by atoms with E-state index in [0.29, 0.717) is 4.99 Å². The summed E-state index contributed by atoms with van der Waals surface area (Å²) in [4.78, 5) is 2.61. The van der Waals surface area contributed by atoms with Gasteiger partial charge in [0, 0.05) is 12.6 Å². The maximum Gasteiger partial charge on any atom is 0.162 e. The molecule has 0 bridgehead atoms. The molecule has 0 aliphatic carbocycles. The van der Waals surface area contributed by atoms with Gasteiger partial charge in [0.15, 0.2) is 5.82 Å². The lowest BCUT2D eigenvalue weighted by molar-refractivity contribution is 0.661. The van der Waals surface area contributed by atoms with Crippen LogP contribution < -0.4 is 10.6 Å². The Hall–Kier alpha value is -2.01. The Balaban J connectivity index is 2.55. The van der Waals surface area contributed by atoms with Crippen molar-refractivity contribution in [2.24, 2.45) is 5.73 Å². The molecular weight excluding hydrogens is 316 g/mol. The van der Waals surface area contributed by atoms with Crippen LogP contribution >= 0.6 is 12.2 Å². The van der Waals surface area contributed by atoms with Crippen LogP contribution in [0.25, 0.3) is 0 Å². The lowest BCUT2D eigenvalue weighted by Gasteiger charge is -2.30. The molecule has 0 saturated carbocycles. The molecule has 0 aliphatic heterocycles. The molecule has 0 spiro atoms. The van der Waals surface area contributed by atoms with E-state index in [0.717, 1.165) is 42.0 Å². The predicted octanol–water partition coefficient (Wildman–Crippen LogP) is 3.65. The van der Waals surface area contributed by atoms with Gasteiger partial charge in [0.05, 0.1) is 11.3 Å². The monoisotopic (exact) mass is 342 g/mol. The Morgan fingerprint density at radius 1 is 1.12 bits per heavy atom. The highest BCUT2D eigenvalue weighted by Gasteiger charge is 2.23. The van der Waals surface area contributed by atoms with Gasteiger partial charge in [0.1, 0.15) is 4.99 Å². The highest BCUT2D eigenvalue weighted by molar-refractivity contribution is 7.80. The summed E-state index contributed by atoms with van der Waals surface area (Å²) in [6, 6.07) is 10.6. The van der Waals surface area contributed by atoms with Crippen LogP contribution in [0.2, 0.25) is 0 Å². The van der Waals surface area contributed by atoms with Crippen molar-refractivity contribution in [3.8, 4) is 0 Å². The summed E-state index contributed by atoms with van der Waals surface area (Å²) in [5, 5.41) is 8.95. The Labute approximate surface area is 150 Å². The number of aromatic nitrogens is 2. The molecule has 2 N–H and O–H groups in total. The zero-order valence-corrected chi connectivity index (χ0v) is 15.7. The SMILES string of the molecule is CCc1nnc(N(Cc2ccccc2)C(C)C)c(C(N)=S)c1CC. The molecule has 1 aromatic heterocycles. The number of nitrogens with two attached hydrogens (primary N) is 1. The molecule has 0 unspecified atom stereocenters. The van der Waals surface area contributed by atoms with Gasteiger partial charge in [-0.3, -0.25) is 0 Å². The topological polar surface area (TPSA) is 55.0 Å². The fourth-order valence-electron chi connectivity index (χ4n) is 2.90. The molecule has 0 fully saturated rings. The van der Waals surface area contributed by atoms with Crippen LogP contribution in [0.3, 0.4) is 0 Å². The molecule has 1 aromatic carbocycles. The fraction of sp³-hybridized carbons (Fsp3) is 0.421. The van der Waals surface area contributed by atoms with Gasteiger partial charge in [-0.2, -0.15) is 5.10 Å². The third-order valence-electron chi connectivity index (χ3n) is 4.17. The zero-order valence-electron chi connectivity index (χ0n) is 14.9. The highest BCUT2D eigenvalue weighted by atomic mass is 32.1. The van der Waals surface area contributed by atoms with E-state index >= 15 is 0 Å². The molecular formula is C19H26N4S. The average Bonchev–Trinajstić information content (AvgIpc) is 2.58. The summed E-state index contributed by atoms with van der Waals surface area (Å²) in [7, 11) is 0. The van der Waals surface area contributed by atoms with Gasteiger partial charge >= 0.3 is 0 Å². The molecule has 0 aliphatic rings. The minimum absolute atomic E-state index is 0.254. The van der Waals surface area contributed by atoms with Crippen molar-refractivity contribution in [2.75, 3.05) is 4.90 Å². The first-order chi connectivity index (χ1) is 11.5. The van der Waals surface area contributed by atoms with Gasteiger partial charge < -0.3 is 10.6 Å². The molecule has 2 rings (SSSR count). The lowest BCUT2D eigenvalue weighted by Crippen LogP contribution is -2.34. The average molecular weight is 343 g/mol. The third-order valence-corrected chi connectivity index (χ3v) is 4.37. The van der Waals surface area contributed by atoms with Crippen LogP contribution in [0.1, 0.15) is 50.1 Å². The molecule has 0 amide bonds. The van der Waals surface area contributed by atoms with E-state index in [4.69, 9.17) is 18.0 Å². The summed E-state index contributed by atoms with van der Waals surface area (Å²) in [6.45, 7) is 9.23. The summed E-state index contributed by atoms with van der Waals surface area (Å²) in [6.07, 6.45) is 1.67. The molecule has 1 heterocycles. The third kappa shape index (κ3) is 3.90. The standard InChI is InChI=1S/C19H26N4S/c1-5-15-16(6-2)21-22-19(17(15)18(20)24)23(13(3)4)12-14-10-8-7-9-11-14/h7-11,13H,5-6,12H2,1-4H3,(H2,20,24). The second-order valence-corrected chi connectivity index (χ2v) is 6.54. The van der Waals surface area contributed by atoms with E-state index in [2.05, 4.69) is 54.9 Å². The number of hydrogen-bond acceptors (Lipinski definition) is 4. The first-order valence-corrected chi connectivity index (χ1v) is 8.89.